The normalized spacial score (nSPS) is 13.7. The standard InChI is InChI=1S/C11H13ClN2O4/c12-5-8(15)14-7-3-1-6(2-4-7)9(16)10(17)11(13)18/h1-4,9-10,16-17H,5H2,(H2,13,18)(H,14,15). The average molecular weight is 273 g/mol. The molecule has 0 spiro atoms. The minimum Gasteiger partial charge on any atom is -0.385 e. The number of aliphatic hydroxyl groups is 2. The number of nitrogens with one attached hydrogen (secondary N) is 1. The van der Waals surface area contributed by atoms with Crippen LogP contribution in [-0.4, -0.2) is 34.0 Å². The molecule has 0 aliphatic carbocycles. The van der Waals surface area contributed by atoms with Gasteiger partial charge in [-0.3, -0.25) is 9.59 Å². The van der Waals surface area contributed by atoms with Gasteiger partial charge in [0.05, 0.1) is 0 Å². The minimum atomic E-state index is -1.67. The lowest BCUT2D eigenvalue weighted by atomic mass is 10.0. The predicted octanol–water partition coefficient (Wildman–Crippen LogP) is -0.257. The summed E-state index contributed by atoms with van der Waals surface area (Å²) in [6.07, 6.45) is -3.08. The highest BCUT2D eigenvalue weighted by Crippen LogP contribution is 2.19. The molecule has 98 valence electrons. The van der Waals surface area contributed by atoms with E-state index in [0.717, 1.165) is 0 Å². The van der Waals surface area contributed by atoms with E-state index in [1.54, 1.807) is 0 Å². The van der Waals surface area contributed by atoms with Crippen molar-refractivity contribution < 1.29 is 19.8 Å². The number of hydrogen-bond acceptors (Lipinski definition) is 4. The molecule has 0 aromatic heterocycles. The molecule has 2 amide bonds. The number of nitrogens with two attached hydrogens (primary N) is 1. The Morgan fingerprint density at radius 2 is 1.83 bits per heavy atom. The Hall–Kier alpha value is -1.63. The van der Waals surface area contributed by atoms with Crippen molar-refractivity contribution in [2.45, 2.75) is 12.2 Å². The summed E-state index contributed by atoms with van der Waals surface area (Å²) in [4.78, 5) is 21.7. The van der Waals surface area contributed by atoms with E-state index in [-0.39, 0.29) is 11.8 Å². The van der Waals surface area contributed by atoms with Gasteiger partial charge in [0.25, 0.3) is 0 Å². The van der Waals surface area contributed by atoms with Crippen LogP contribution >= 0.6 is 11.6 Å². The van der Waals surface area contributed by atoms with Crippen molar-refractivity contribution in [2.75, 3.05) is 11.2 Å². The molecule has 1 aromatic carbocycles. The third kappa shape index (κ3) is 3.69. The van der Waals surface area contributed by atoms with Gasteiger partial charge in [-0.1, -0.05) is 12.1 Å². The number of halogens is 1. The second kappa shape index (κ2) is 6.34. The molecule has 0 saturated heterocycles. The number of amides is 2. The Balaban J connectivity index is 2.76. The minimum absolute atomic E-state index is 0.162. The summed E-state index contributed by atoms with van der Waals surface area (Å²) in [6.45, 7) is 0. The molecular weight excluding hydrogens is 260 g/mol. The van der Waals surface area contributed by atoms with Gasteiger partial charge >= 0.3 is 0 Å². The van der Waals surface area contributed by atoms with E-state index in [2.05, 4.69) is 5.32 Å². The molecule has 18 heavy (non-hydrogen) atoms. The zero-order valence-electron chi connectivity index (χ0n) is 9.34. The zero-order valence-corrected chi connectivity index (χ0v) is 10.1. The Morgan fingerprint density at radius 1 is 1.28 bits per heavy atom. The summed E-state index contributed by atoms with van der Waals surface area (Å²) >= 11 is 5.32. The van der Waals surface area contributed by atoms with Crippen molar-refractivity contribution >= 4 is 29.1 Å². The lowest BCUT2D eigenvalue weighted by Gasteiger charge is -2.15. The lowest BCUT2D eigenvalue weighted by molar-refractivity contribution is -0.132. The molecule has 1 rings (SSSR count). The van der Waals surface area contributed by atoms with Crippen molar-refractivity contribution in [3.63, 3.8) is 0 Å². The molecule has 0 saturated carbocycles. The van der Waals surface area contributed by atoms with Gasteiger partial charge in [0.2, 0.25) is 11.8 Å². The molecule has 2 unspecified atom stereocenters. The van der Waals surface area contributed by atoms with Crippen LogP contribution in [0.3, 0.4) is 0 Å². The SMILES string of the molecule is NC(=O)C(O)C(O)c1ccc(NC(=O)CCl)cc1. The molecule has 6 nitrogen and oxygen atoms in total. The van der Waals surface area contributed by atoms with Gasteiger partial charge < -0.3 is 21.3 Å². The highest BCUT2D eigenvalue weighted by Gasteiger charge is 2.23. The van der Waals surface area contributed by atoms with Crippen LogP contribution in [0.1, 0.15) is 11.7 Å². The largest absolute Gasteiger partial charge is 0.385 e. The van der Waals surface area contributed by atoms with Gasteiger partial charge in [0, 0.05) is 5.69 Å². The third-order valence-corrected chi connectivity index (χ3v) is 2.49. The second-order valence-corrected chi connectivity index (χ2v) is 3.86. The predicted molar refractivity (Wildman–Crippen MR) is 66.0 cm³/mol. The number of anilines is 1. The maximum Gasteiger partial charge on any atom is 0.249 e. The first-order valence-corrected chi connectivity index (χ1v) is 5.60. The van der Waals surface area contributed by atoms with Crippen LogP contribution in [0.2, 0.25) is 0 Å². The van der Waals surface area contributed by atoms with Crippen LogP contribution in [0.15, 0.2) is 24.3 Å². The van der Waals surface area contributed by atoms with Crippen LogP contribution in [0, 0.1) is 0 Å². The van der Waals surface area contributed by atoms with Gasteiger partial charge in [0.15, 0.2) is 6.10 Å². The molecule has 5 N–H and O–H groups in total. The van der Waals surface area contributed by atoms with Crippen molar-refractivity contribution in [1.82, 2.24) is 0 Å². The fourth-order valence-corrected chi connectivity index (χ4v) is 1.36. The van der Waals surface area contributed by atoms with Gasteiger partial charge in [-0.05, 0) is 17.7 Å². The smallest absolute Gasteiger partial charge is 0.249 e. The number of alkyl halides is 1. The average Bonchev–Trinajstić information content (AvgIpc) is 2.37. The van der Waals surface area contributed by atoms with Crippen molar-refractivity contribution in [2.24, 2.45) is 5.73 Å². The number of carbonyl (C=O) groups excluding carboxylic acids is 2. The molecule has 0 radical (unpaired) electrons. The zero-order chi connectivity index (χ0) is 13.7. The first-order valence-electron chi connectivity index (χ1n) is 5.07. The first-order chi connectivity index (χ1) is 8.45. The van der Waals surface area contributed by atoms with Crippen LogP contribution < -0.4 is 11.1 Å². The monoisotopic (exact) mass is 272 g/mol. The van der Waals surface area contributed by atoms with Crippen molar-refractivity contribution in [1.29, 1.82) is 0 Å². The summed E-state index contributed by atoms with van der Waals surface area (Å²) in [5.74, 6) is -1.53. The highest BCUT2D eigenvalue weighted by molar-refractivity contribution is 6.29. The molecule has 7 heteroatoms. The van der Waals surface area contributed by atoms with E-state index in [4.69, 9.17) is 17.3 Å². The lowest BCUT2D eigenvalue weighted by Crippen LogP contribution is -2.33. The topological polar surface area (TPSA) is 113 Å². The number of benzene rings is 1. The molecule has 2 atom stereocenters. The summed E-state index contributed by atoms with van der Waals surface area (Å²) in [5, 5.41) is 21.4. The van der Waals surface area contributed by atoms with Crippen molar-refractivity contribution in [3.05, 3.63) is 29.8 Å². The maximum atomic E-state index is 11.0. The Labute approximate surface area is 108 Å². The first kappa shape index (κ1) is 14.4. The Bertz CT molecular complexity index is 435. The van der Waals surface area contributed by atoms with Crippen LogP contribution in [0.5, 0.6) is 0 Å². The van der Waals surface area contributed by atoms with Gasteiger partial charge in [-0.15, -0.1) is 11.6 Å². The Kier molecular flexibility index (Phi) is 5.08. The van der Waals surface area contributed by atoms with Crippen LogP contribution in [-0.2, 0) is 9.59 Å². The number of primary amides is 1. The molecule has 0 fully saturated rings. The number of aliphatic hydroxyl groups excluding tert-OH is 2. The molecule has 0 heterocycles. The van der Waals surface area contributed by atoms with E-state index < -0.39 is 18.1 Å². The molecule has 0 bridgehead atoms. The summed E-state index contributed by atoms with van der Waals surface area (Å²) in [5.41, 5.74) is 5.67. The molecular formula is C11H13ClN2O4. The summed E-state index contributed by atoms with van der Waals surface area (Å²) in [7, 11) is 0. The van der Waals surface area contributed by atoms with Crippen LogP contribution in [0.4, 0.5) is 5.69 Å². The summed E-state index contributed by atoms with van der Waals surface area (Å²) < 4.78 is 0. The molecule has 0 aliphatic rings. The number of carbonyl (C=O) groups is 2. The maximum absolute atomic E-state index is 11.0. The highest BCUT2D eigenvalue weighted by atomic mass is 35.5. The van der Waals surface area contributed by atoms with Crippen LogP contribution in [0.25, 0.3) is 0 Å². The van der Waals surface area contributed by atoms with Crippen molar-refractivity contribution in [3.8, 4) is 0 Å². The van der Waals surface area contributed by atoms with E-state index >= 15 is 0 Å². The fraction of sp³-hybridized carbons (Fsp3) is 0.273. The molecule has 0 aliphatic heterocycles. The van der Waals surface area contributed by atoms with E-state index in [9.17, 15) is 19.8 Å². The third-order valence-electron chi connectivity index (χ3n) is 2.25. The second-order valence-electron chi connectivity index (χ2n) is 3.60. The van der Waals surface area contributed by atoms with Gasteiger partial charge in [0.1, 0.15) is 12.0 Å². The van der Waals surface area contributed by atoms with Gasteiger partial charge in [-0.25, -0.2) is 0 Å². The number of hydrogen-bond donors (Lipinski definition) is 4. The van der Waals surface area contributed by atoms with E-state index in [1.807, 2.05) is 0 Å². The quantitative estimate of drug-likeness (QED) is 0.553. The Morgan fingerprint density at radius 3 is 2.28 bits per heavy atom. The van der Waals surface area contributed by atoms with Gasteiger partial charge in [-0.2, -0.15) is 0 Å². The number of rotatable bonds is 5. The molecule has 1 aromatic rings. The van der Waals surface area contributed by atoms with E-state index in [0.29, 0.717) is 11.3 Å². The van der Waals surface area contributed by atoms with E-state index in [1.165, 1.54) is 24.3 Å². The fourth-order valence-electron chi connectivity index (χ4n) is 1.30. The summed E-state index contributed by atoms with van der Waals surface area (Å²) in [6, 6.07) is 5.94.